The zero-order valence-corrected chi connectivity index (χ0v) is 10.3. The first-order valence-electron chi connectivity index (χ1n) is 5.60. The second-order valence-electron chi connectivity index (χ2n) is 4.02. The zero-order chi connectivity index (χ0) is 13.8. The molecule has 0 aliphatic heterocycles. The highest BCUT2D eigenvalue weighted by Gasteiger charge is 2.07. The van der Waals surface area contributed by atoms with Crippen LogP contribution in [0.4, 0.5) is 0 Å². The quantitative estimate of drug-likeness (QED) is 0.909. The van der Waals surface area contributed by atoms with Crippen LogP contribution in [0.25, 0.3) is 0 Å². The van der Waals surface area contributed by atoms with E-state index in [1.165, 1.54) is 7.11 Å². The molecule has 2 aromatic rings. The summed E-state index contributed by atoms with van der Waals surface area (Å²) in [5, 5.41) is 17.7. The Morgan fingerprint density at radius 1 is 1.47 bits per heavy atom. The Bertz CT molecular complexity index is 653. The van der Waals surface area contributed by atoms with Crippen molar-refractivity contribution in [2.45, 2.75) is 6.54 Å². The van der Waals surface area contributed by atoms with Gasteiger partial charge in [0.1, 0.15) is 11.8 Å². The number of carboxylic acid groups (broad SMARTS) is 1. The standard InChI is InChI=1S/C14H12N2O3/c1-19-13-6-10(2-3-11(13)7-15)8-16-5-4-12(9-16)14(17)18/h2-6,9H,8H2,1H3,(H,17,18). The predicted octanol–water partition coefficient (Wildman–Crippen LogP) is 2.11. The summed E-state index contributed by atoms with van der Waals surface area (Å²) in [6, 6.07) is 8.88. The van der Waals surface area contributed by atoms with Gasteiger partial charge in [-0.15, -0.1) is 0 Å². The van der Waals surface area contributed by atoms with Crippen LogP contribution in [0.15, 0.2) is 36.7 Å². The predicted molar refractivity (Wildman–Crippen MR) is 68.2 cm³/mol. The Kier molecular flexibility index (Phi) is 3.53. The summed E-state index contributed by atoms with van der Waals surface area (Å²) in [6.45, 7) is 0.523. The number of methoxy groups -OCH3 is 1. The van der Waals surface area contributed by atoms with Crippen LogP contribution in [0.3, 0.4) is 0 Å². The average Bonchev–Trinajstić information content (AvgIpc) is 2.87. The van der Waals surface area contributed by atoms with Crippen molar-refractivity contribution in [2.24, 2.45) is 0 Å². The number of carbonyl (C=O) groups is 1. The molecule has 96 valence electrons. The van der Waals surface area contributed by atoms with Crippen molar-refractivity contribution in [1.82, 2.24) is 4.57 Å². The lowest BCUT2D eigenvalue weighted by Gasteiger charge is -2.07. The van der Waals surface area contributed by atoms with Gasteiger partial charge in [-0.25, -0.2) is 4.79 Å². The Morgan fingerprint density at radius 3 is 2.84 bits per heavy atom. The van der Waals surface area contributed by atoms with E-state index in [1.807, 2.05) is 12.1 Å². The number of carboxylic acids is 1. The molecule has 5 heteroatoms. The molecule has 0 radical (unpaired) electrons. The lowest BCUT2D eigenvalue weighted by atomic mass is 10.1. The molecular weight excluding hydrogens is 244 g/mol. The third kappa shape index (κ3) is 2.75. The van der Waals surface area contributed by atoms with E-state index in [1.54, 1.807) is 35.2 Å². The number of hydrogen-bond donors (Lipinski definition) is 1. The van der Waals surface area contributed by atoms with E-state index in [4.69, 9.17) is 15.1 Å². The van der Waals surface area contributed by atoms with Crippen LogP contribution < -0.4 is 4.74 Å². The van der Waals surface area contributed by atoms with E-state index in [2.05, 4.69) is 0 Å². The van der Waals surface area contributed by atoms with E-state index in [-0.39, 0.29) is 5.56 Å². The highest BCUT2D eigenvalue weighted by molar-refractivity contribution is 5.87. The van der Waals surface area contributed by atoms with Crippen molar-refractivity contribution in [3.8, 4) is 11.8 Å². The number of nitrogens with zero attached hydrogens (tertiary/aromatic N) is 2. The maximum absolute atomic E-state index is 10.8. The first kappa shape index (κ1) is 12.7. The topological polar surface area (TPSA) is 75.2 Å². The van der Waals surface area contributed by atoms with Gasteiger partial charge in [-0.1, -0.05) is 6.07 Å². The molecule has 19 heavy (non-hydrogen) atoms. The number of nitriles is 1. The molecule has 1 heterocycles. The molecule has 0 spiro atoms. The van der Waals surface area contributed by atoms with E-state index in [0.29, 0.717) is 17.9 Å². The molecule has 0 saturated heterocycles. The summed E-state index contributed by atoms with van der Waals surface area (Å²) < 4.78 is 6.90. The molecule has 1 aromatic carbocycles. The third-order valence-electron chi connectivity index (χ3n) is 2.75. The molecule has 5 nitrogen and oxygen atoms in total. The fourth-order valence-corrected chi connectivity index (χ4v) is 1.80. The monoisotopic (exact) mass is 256 g/mol. The molecule has 2 rings (SSSR count). The molecule has 0 unspecified atom stereocenters. The number of benzene rings is 1. The Hall–Kier alpha value is -2.74. The maximum Gasteiger partial charge on any atom is 0.337 e. The highest BCUT2D eigenvalue weighted by atomic mass is 16.5. The Labute approximate surface area is 110 Å². The molecule has 0 aliphatic rings. The van der Waals surface area contributed by atoms with Crippen molar-refractivity contribution in [3.05, 3.63) is 53.3 Å². The summed E-state index contributed by atoms with van der Waals surface area (Å²) in [7, 11) is 1.51. The number of aromatic carboxylic acids is 1. The SMILES string of the molecule is COc1cc(Cn2ccc(C(=O)O)c2)ccc1C#N. The summed E-state index contributed by atoms with van der Waals surface area (Å²) in [6.07, 6.45) is 3.27. The van der Waals surface area contributed by atoms with Crippen LogP contribution in [-0.4, -0.2) is 22.8 Å². The minimum Gasteiger partial charge on any atom is -0.495 e. The minimum atomic E-state index is -0.948. The molecule has 0 bridgehead atoms. The van der Waals surface area contributed by atoms with Crippen LogP contribution in [0.1, 0.15) is 21.5 Å². The van der Waals surface area contributed by atoms with Crippen LogP contribution in [0.5, 0.6) is 5.75 Å². The second-order valence-corrected chi connectivity index (χ2v) is 4.02. The first-order valence-corrected chi connectivity index (χ1v) is 5.60. The molecule has 0 fully saturated rings. The number of rotatable bonds is 4. The molecule has 0 amide bonds. The smallest absolute Gasteiger partial charge is 0.337 e. The van der Waals surface area contributed by atoms with Gasteiger partial charge in [0, 0.05) is 18.9 Å². The summed E-state index contributed by atoms with van der Waals surface area (Å²) in [5.41, 5.74) is 1.66. The molecular formula is C14H12N2O3. The summed E-state index contributed by atoms with van der Waals surface area (Å²) in [4.78, 5) is 10.8. The molecule has 1 N–H and O–H groups in total. The number of hydrogen-bond acceptors (Lipinski definition) is 3. The van der Waals surface area contributed by atoms with Gasteiger partial charge in [-0.05, 0) is 23.8 Å². The van der Waals surface area contributed by atoms with Gasteiger partial charge < -0.3 is 14.4 Å². The fraction of sp³-hybridized carbons (Fsp3) is 0.143. The lowest BCUT2D eigenvalue weighted by Crippen LogP contribution is -1.99. The van der Waals surface area contributed by atoms with Crippen LogP contribution in [0.2, 0.25) is 0 Å². The van der Waals surface area contributed by atoms with Gasteiger partial charge in [0.15, 0.2) is 0 Å². The van der Waals surface area contributed by atoms with Crippen molar-refractivity contribution in [1.29, 1.82) is 5.26 Å². The number of ether oxygens (including phenoxy) is 1. The van der Waals surface area contributed by atoms with Gasteiger partial charge in [-0.2, -0.15) is 5.26 Å². The van der Waals surface area contributed by atoms with E-state index in [0.717, 1.165) is 5.56 Å². The van der Waals surface area contributed by atoms with Crippen LogP contribution >= 0.6 is 0 Å². The van der Waals surface area contributed by atoms with E-state index in [9.17, 15) is 4.79 Å². The van der Waals surface area contributed by atoms with Crippen LogP contribution in [0, 0.1) is 11.3 Å². The van der Waals surface area contributed by atoms with E-state index < -0.39 is 5.97 Å². The van der Waals surface area contributed by atoms with Crippen molar-refractivity contribution >= 4 is 5.97 Å². The van der Waals surface area contributed by atoms with Gasteiger partial charge in [0.25, 0.3) is 0 Å². The highest BCUT2D eigenvalue weighted by Crippen LogP contribution is 2.20. The summed E-state index contributed by atoms with van der Waals surface area (Å²) >= 11 is 0. The fourth-order valence-electron chi connectivity index (χ4n) is 1.80. The van der Waals surface area contributed by atoms with Crippen molar-refractivity contribution in [3.63, 3.8) is 0 Å². The normalized spacial score (nSPS) is 9.89. The van der Waals surface area contributed by atoms with Crippen LogP contribution in [-0.2, 0) is 6.54 Å². The average molecular weight is 256 g/mol. The largest absolute Gasteiger partial charge is 0.495 e. The minimum absolute atomic E-state index is 0.251. The zero-order valence-electron chi connectivity index (χ0n) is 10.3. The third-order valence-corrected chi connectivity index (χ3v) is 2.75. The Morgan fingerprint density at radius 2 is 2.26 bits per heavy atom. The van der Waals surface area contributed by atoms with Gasteiger partial charge in [-0.3, -0.25) is 0 Å². The Balaban J connectivity index is 2.23. The molecule has 0 atom stereocenters. The number of aromatic nitrogens is 1. The van der Waals surface area contributed by atoms with Crippen molar-refractivity contribution in [2.75, 3.05) is 7.11 Å². The first-order chi connectivity index (χ1) is 9.13. The molecule has 0 aliphatic carbocycles. The second kappa shape index (κ2) is 5.27. The lowest BCUT2D eigenvalue weighted by molar-refractivity contribution is 0.0697. The molecule has 0 saturated carbocycles. The van der Waals surface area contributed by atoms with Gasteiger partial charge in [0.05, 0.1) is 18.2 Å². The van der Waals surface area contributed by atoms with Gasteiger partial charge in [0.2, 0.25) is 0 Å². The van der Waals surface area contributed by atoms with Crippen molar-refractivity contribution < 1.29 is 14.6 Å². The van der Waals surface area contributed by atoms with Gasteiger partial charge >= 0.3 is 5.97 Å². The maximum atomic E-state index is 10.8. The molecule has 1 aromatic heterocycles. The summed E-state index contributed by atoms with van der Waals surface area (Å²) in [5.74, 6) is -0.429. The van der Waals surface area contributed by atoms with E-state index >= 15 is 0 Å².